The van der Waals surface area contributed by atoms with Crippen LogP contribution in [0, 0.1) is 5.92 Å². The van der Waals surface area contributed by atoms with Crippen molar-refractivity contribution in [3.8, 4) is 0 Å². The van der Waals surface area contributed by atoms with Gasteiger partial charge in [-0.05, 0) is 36.3 Å². The summed E-state index contributed by atoms with van der Waals surface area (Å²) in [7, 11) is 0. The van der Waals surface area contributed by atoms with E-state index in [4.69, 9.17) is 5.73 Å². The van der Waals surface area contributed by atoms with Crippen LogP contribution in [0.4, 0.5) is 0 Å². The molecule has 2 unspecified atom stereocenters. The molecule has 0 aromatic heterocycles. The fourth-order valence-electron chi connectivity index (χ4n) is 5.08. The van der Waals surface area contributed by atoms with Crippen molar-refractivity contribution in [3.63, 3.8) is 0 Å². The summed E-state index contributed by atoms with van der Waals surface area (Å²) in [4.78, 5) is 31.8. The van der Waals surface area contributed by atoms with E-state index in [9.17, 15) is 14.7 Å². The third-order valence-corrected chi connectivity index (χ3v) is 7.50. The molecule has 1 aliphatic heterocycles. The number of hydrogen-bond donors (Lipinski definition) is 3. The molecule has 0 aliphatic carbocycles. The number of aliphatic hydroxyl groups is 1. The smallest absolute Gasteiger partial charge is 0.246 e. The molecule has 1 fully saturated rings. The van der Waals surface area contributed by atoms with Gasteiger partial charge in [0.25, 0.3) is 0 Å². The van der Waals surface area contributed by atoms with E-state index in [2.05, 4.69) is 29.3 Å². The second kappa shape index (κ2) is 13.7. The number of rotatable bonds is 12. The van der Waals surface area contributed by atoms with Gasteiger partial charge in [0.15, 0.2) is 0 Å². The zero-order valence-corrected chi connectivity index (χ0v) is 22.6. The summed E-state index contributed by atoms with van der Waals surface area (Å²) in [6.07, 6.45) is 1.70. The molecule has 2 aromatic carbocycles. The highest BCUT2D eigenvalue weighted by Crippen LogP contribution is 2.32. The van der Waals surface area contributed by atoms with Gasteiger partial charge in [0.1, 0.15) is 11.6 Å². The molecule has 2 atom stereocenters. The summed E-state index contributed by atoms with van der Waals surface area (Å²) in [6, 6.07) is 19.0. The van der Waals surface area contributed by atoms with E-state index in [1.807, 2.05) is 62.4 Å². The van der Waals surface area contributed by atoms with Gasteiger partial charge in [0.2, 0.25) is 11.8 Å². The van der Waals surface area contributed by atoms with Crippen molar-refractivity contribution in [2.75, 3.05) is 19.6 Å². The predicted octanol–water partition coefficient (Wildman–Crippen LogP) is 3.31. The first-order valence-corrected chi connectivity index (χ1v) is 13.6. The van der Waals surface area contributed by atoms with Crippen LogP contribution in [0.3, 0.4) is 0 Å². The first-order chi connectivity index (χ1) is 17.8. The van der Waals surface area contributed by atoms with Crippen molar-refractivity contribution in [3.05, 3.63) is 71.8 Å². The first kappa shape index (κ1) is 28.8. The van der Waals surface area contributed by atoms with E-state index in [-0.39, 0.29) is 17.7 Å². The van der Waals surface area contributed by atoms with Crippen LogP contribution in [0.2, 0.25) is 0 Å². The molecule has 37 heavy (non-hydrogen) atoms. The molecule has 7 heteroatoms. The number of amides is 2. The lowest BCUT2D eigenvalue weighted by Gasteiger charge is -2.48. The Balaban J connectivity index is 1.87. The zero-order chi connectivity index (χ0) is 26.8. The minimum atomic E-state index is -1.07. The van der Waals surface area contributed by atoms with Crippen molar-refractivity contribution in [1.82, 2.24) is 15.1 Å². The average Bonchev–Trinajstić information content (AvgIpc) is 2.92. The van der Waals surface area contributed by atoms with Crippen molar-refractivity contribution < 1.29 is 14.7 Å². The molecule has 202 valence electrons. The zero-order valence-electron chi connectivity index (χ0n) is 22.6. The number of carbonyl (C=O) groups is 2. The number of carbonyl (C=O) groups excluding carboxylic acids is 2. The van der Waals surface area contributed by atoms with E-state index in [1.54, 1.807) is 4.90 Å². The second-order valence-electron chi connectivity index (χ2n) is 10.6. The number of nitrogens with one attached hydrogen (secondary N) is 1. The van der Waals surface area contributed by atoms with Gasteiger partial charge in [-0.1, -0.05) is 87.9 Å². The number of hydrogen-bond acceptors (Lipinski definition) is 5. The number of nitrogens with two attached hydrogens (primary N) is 1. The lowest BCUT2D eigenvalue weighted by atomic mass is 9.82. The fourth-order valence-corrected chi connectivity index (χ4v) is 5.08. The highest BCUT2D eigenvalue weighted by molar-refractivity contribution is 5.93. The van der Waals surface area contributed by atoms with Crippen molar-refractivity contribution in [2.45, 2.75) is 77.2 Å². The van der Waals surface area contributed by atoms with E-state index in [0.29, 0.717) is 39.0 Å². The summed E-state index contributed by atoms with van der Waals surface area (Å²) in [5.41, 5.74) is 7.53. The molecular weight excluding hydrogens is 464 g/mol. The van der Waals surface area contributed by atoms with Gasteiger partial charge in [0, 0.05) is 32.7 Å². The highest BCUT2D eigenvalue weighted by atomic mass is 16.3. The molecule has 1 saturated heterocycles. The molecule has 2 amide bonds. The molecule has 7 nitrogen and oxygen atoms in total. The number of piperidine rings is 1. The number of aliphatic hydroxyl groups excluding tert-OH is 1. The highest BCUT2D eigenvalue weighted by Gasteiger charge is 2.49. The van der Waals surface area contributed by atoms with Crippen LogP contribution >= 0.6 is 0 Å². The lowest BCUT2D eigenvalue weighted by Crippen LogP contribution is -2.67. The Labute approximate surface area is 222 Å². The second-order valence-corrected chi connectivity index (χ2v) is 10.6. The molecule has 0 radical (unpaired) electrons. The molecule has 0 bridgehead atoms. The van der Waals surface area contributed by atoms with Gasteiger partial charge in [-0.3, -0.25) is 14.5 Å². The lowest BCUT2D eigenvalue weighted by molar-refractivity contribution is -0.155. The molecule has 2 aromatic rings. The monoisotopic (exact) mass is 508 g/mol. The molecule has 0 spiro atoms. The van der Waals surface area contributed by atoms with E-state index >= 15 is 0 Å². The SMILES string of the molecule is CCCCN(C(=O)C(N)C(O)C(C)C)C1(C(=O)NCc2ccccc2)CCN(Cc2ccccc2)CC1. The van der Waals surface area contributed by atoms with Gasteiger partial charge < -0.3 is 21.1 Å². The Bertz CT molecular complexity index is 975. The van der Waals surface area contributed by atoms with E-state index < -0.39 is 17.7 Å². The molecule has 4 N–H and O–H groups in total. The minimum absolute atomic E-state index is 0.147. The minimum Gasteiger partial charge on any atom is -0.391 e. The number of nitrogens with zero attached hydrogens (tertiary/aromatic N) is 2. The largest absolute Gasteiger partial charge is 0.391 e. The first-order valence-electron chi connectivity index (χ1n) is 13.6. The Morgan fingerprint density at radius 2 is 1.59 bits per heavy atom. The summed E-state index contributed by atoms with van der Waals surface area (Å²) in [6.45, 7) is 8.76. The fraction of sp³-hybridized carbons (Fsp3) is 0.533. The third kappa shape index (κ3) is 7.40. The molecule has 1 heterocycles. The van der Waals surface area contributed by atoms with Gasteiger partial charge in [-0.25, -0.2) is 0 Å². The Morgan fingerprint density at radius 3 is 2.14 bits per heavy atom. The van der Waals surface area contributed by atoms with E-state index in [0.717, 1.165) is 24.9 Å². The summed E-state index contributed by atoms with van der Waals surface area (Å²) >= 11 is 0. The molecule has 0 saturated carbocycles. The molecule has 3 rings (SSSR count). The topological polar surface area (TPSA) is 98.9 Å². The molecular formula is C30H44N4O3. The normalized spacial score (nSPS) is 17.2. The summed E-state index contributed by atoms with van der Waals surface area (Å²) < 4.78 is 0. The Morgan fingerprint density at radius 1 is 1.03 bits per heavy atom. The van der Waals surface area contributed by atoms with Gasteiger partial charge in [-0.2, -0.15) is 0 Å². The Hall–Kier alpha value is -2.74. The third-order valence-electron chi connectivity index (χ3n) is 7.50. The number of likely N-dealkylation sites (tertiary alicyclic amines) is 1. The van der Waals surface area contributed by atoms with Crippen LogP contribution < -0.4 is 11.1 Å². The van der Waals surface area contributed by atoms with Crippen molar-refractivity contribution in [2.24, 2.45) is 11.7 Å². The number of benzene rings is 2. The standard InChI is InChI=1S/C30H44N4O3/c1-4-5-18-34(28(36)26(31)27(35)23(2)3)30(29(37)32-21-24-12-8-6-9-13-24)16-19-33(20-17-30)22-25-14-10-7-11-15-25/h6-15,23,26-27,35H,4-5,16-22,31H2,1-3H3,(H,32,37). The van der Waals surface area contributed by atoms with Crippen LogP contribution in [0.25, 0.3) is 0 Å². The van der Waals surface area contributed by atoms with Crippen molar-refractivity contribution >= 4 is 11.8 Å². The number of unbranched alkanes of at least 4 members (excludes halogenated alkanes) is 1. The van der Waals surface area contributed by atoms with Crippen molar-refractivity contribution in [1.29, 1.82) is 0 Å². The Kier molecular flexibility index (Phi) is 10.7. The van der Waals surface area contributed by atoms with Gasteiger partial charge in [0.05, 0.1) is 6.10 Å². The maximum atomic E-state index is 14.0. The summed E-state index contributed by atoms with van der Waals surface area (Å²) in [5, 5.41) is 13.8. The average molecular weight is 509 g/mol. The molecule has 1 aliphatic rings. The quantitative estimate of drug-likeness (QED) is 0.409. The van der Waals surface area contributed by atoms with Crippen LogP contribution in [0.1, 0.15) is 57.6 Å². The maximum absolute atomic E-state index is 14.0. The predicted molar refractivity (Wildman–Crippen MR) is 147 cm³/mol. The van der Waals surface area contributed by atoms with Crippen LogP contribution in [0.15, 0.2) is 60.7 Å². The summed E-state index contributed by atoms with van der Waals surface area (Å²) in [5.74, 6) is -0.657. The van der Waals surface area contributed by atoms with Gasteiger partial charge >= 0.3 is 0 Å². The van der Waals surface area contributed by atoms with Crippen LogP contribution in [0.5, 0.6) is 0 Å². The van der Waals surface area contributed by atoms with Gasteiger partial charge in [-0.15, -0.1) is 0 Å². The van der Waals surface area contributed by atoms with Crippen LogP contribution in [-0.2, 0) is 22.7 Å². The van der Waals surface area contributed by atoms with E-state index in [1.165, 1.54) is 5.56 Å². The van der Waals surface area contributed by atoms with Crippen LogP contribution in [-0.4, -0.2) is 64.0 Å². The maximum Gasteiger partial charge on any atom is 0.246 e.